The molecule has 2 heterocycles. The van der Waals surface area contributed by atoms with Gasteiger partial charge in [0.1, 0.15) is 0 Å². The summed E-state index contributed by atoms with van der Waals surface area (Å²) in [5, 5.41) is 7.52. The third-order valence-electron chi connectivity index (χ3n) is 5.74. The van der Waals surface area contributed by atoms with E-state index in [9.17, 15) is 4.79 Å². The average molecular weight is 349 g/mol. The van der Waals surface area contributed by atoms with E-state index in [1.165, 1.54) is 11.3 Å². The van der Waals surface area contributed by atoms with E-state index in [0.29, 0.717) is 25.6 Å². The minimum absolute atomic E-state index is 0.175. The van der Waals surface area contributed by atoms with Gasteiger partial charge in [-0.2, -0.15) is 5.10 Å². The molecule has 0 bridgehead atoms. The molecule has 1 aliphatic carbocycles. The van der Waals surface area contributed by atoms with Crippen LogP contribution in [0.5, 0.6) is 0 Å². The Morgan fingerprint density at radius 2 is 1.96 bits per heavy atom. The molecule has 0 unspecified atom stereocenters. The second-order valence-corrected chi connectivity index (χ2v) is 7.48. The van der Waals surface area contributed by atoms with Gasteiger partial charge in [0.25, 0.3) is 0 Å². The Bertz CT molecular complexity index is 595. The van der Waals surface area contributed by atoms with Gasteiger partial charge < -0.3 is 14.8 Å². The smallest absolute Gasteiger partial charge is 0.220 e. The number of aryl methyl sites for hydroxylation is 2. The molecule has 140 valence electrons. The van der Waals surface area contributed by atoms with Crippen molar-refractivity contribution in [1.29, 1.82) is 0 Å². The molecule has 2 aliphatic rings. The molecule has 1 saturated heterocycles. The third-order valence-corrected chi connectivity index (χ3v) is 5.74. The molecule has 1 aromatic rings. The Morgan fingerprint density at radius 3 is 2.56 bits per heavy atom. The van der Waals surface area contributed by atoms with Crippen LogP contribution in [-0.4, -0.2) is 41.2 Å². The summed E-state index contributed by atoms with van der Waals surface area (Å²) in [6.45, 7) is 6.30. The van der Waals surface area contributed by atoms with Crippen molar-refractivity contribution in [2.24, 2.45) is 13.0 Å². The first kappa shape index (κ1) is 18.4. The first-order valence-corrected chi connectivity index (χ1v) is 9.53. The first-order chi connectivity index (χ1) is 12.0. The second kappa shape index (κ2) is 7.87. The Hall–Kier alpha value is -1.40. The van der Waals surface area contributed by atoms with Crippen LogP contribution in [0.3, 0.4) is 0 Å². The van der Waals surface area contributed by atoms with Gasteiger partial charge in [-0.3, -0.25) is 9.48 Å². The Morgan fingerprint density at radius 1 is 1.28 bits per heavy atom. The number of rotatable bonds is 6. The summed E-state index contributed by atoms with van der Waals surface area (Å²) in [7, 11) is 1.98. The zero-order valence-electron chi connectivity index (χ0n) is 15.8. The summed E-state index contributed by atoms with van der Waals surface area (Å²) < 4.78 is 13.4. The van der Waals surface area contributed by atoms with Crippen LogP contribution in [0.15, 0.2) is 0 Å². The second-order valence-electron chi connectivity index (χ2n) is 7.48. The zero-order chi connectivity index (χ0) is 17.9. The maximum Gasteiger partial charge on any atom is 0.220 e. The zero-order valence-corrected chi connectivity index (χ0v) is 15.8. The first-order valence-electron chi connectivity index (χ1n) is 9.53. The lowest BCUT2D eigenvalue weighted by molar-refractivity contribution is -0.183. The van der Waals surface area contributed by atoms with E-state index in [1.54, 1.807) is 0 Å². The molecule has 0 radical (unpaired) electrons. The molecule has 6 nitrogen and oxygen atoms in total. The van der Waals surface area contributed by atoms with Gasteiger partial charge in [-0.1, -0.05) is 0 Å². The Labute approximate surface area is 150 Å². The predicted octanol–water partition coefficient (Wildman–Crippen LogP) is 2.41. The highest BCUT2D eigenvalue weighted by molar-refractivity contribution is 5.76. The number of hydrogen-bond acceptors (Lipinski definition) is 4. The van der Waals surface area contributed by atoms with Gasteiger partial charge in [-0.05, 0) is 51.0 Å². The van der Waals surface area contributed by atoms with Gasteiger partial charge in [0, 0.05) is 38.5 Å². The van der Waals surface area contributed by atoms with E-state index in [0.717, 1.165) is 50.8 Å². The standard InChI is InChI=1S/C19H31N3O3/c1-14-17(15(2)22(3)21-14)5-4-10-20-18(23)13-16-6-8-19(9-7-16)24-11-12-25-19/h16H,4-13H2,1-3H3,(H,20,23). The molecule has 25 heavy (non-hydrogen) atoms. The van der Waals surface area contributed by atoms with E-state index < -0.39 is 0 Å². The van der Waals surface area contributed by atoms with Gasteiger partial charge in [0.15, 0.2) is 5.79 Å². The third kappa shape index (κ3) is 4.42. The quantitative estimate of drug-likeness (QED) is 0.801. The van der Waals surface area contributed by atoms with E-state index in [-0.39, 0.29) is 11.7 Å². The molecule has 1 aromatic heterocycles. The average Bonchev–Trinajstić information content (AvgIpc) is 3.13. The number of hydrogen-bond donors (Lipinski definition) is 1. The lowest BCUT2D eigenvalue weighted by atomic mass is 9.83. The molecule has 2 fully saturated rings. The molecule has 0 atom stereocenters. The van der Waals surface area contributed by atoms with Crippen molar-refractivity contribution in [1.82, 2.24) is 15.1 Å². The number of amides is 1. The summed E-state index contributed by atoms with van der Waals surface area (Å²) >= 11 is 0. The monoisotopic (exact) mass is 349 g/mol. The van der Waals surface area contributed by atoms with Crippen molar-refractivity contribution in [3.63, 3.8) is 0 Å². The summed E-state index contributed by atoms with van der Waals surface area (Å²) in [6.07, 6.45) is 6.42. The van der Waals surface area contributed by atoms with Crippen LogP contribution in [-0.2, 0) is 27.7 Å². The molecular formula is C19H31N3O3. The van der Waals surface area contributed by atoms with Crippen LogP contribution < -0.4 is 5.32 Å². The van der Waals surface area contributed by atoms with Crippen LogP contribution in [0.2, 0.25) is 0 Å². The van der Waals surface area contributed by atoms with Crippen LogP contribution in [0.4, 0.5) is 0 Å². The van der Waals surface area contributed by atoms with E-state index in [1.807, 2.05) is 11.7 Å². The summed E-state index contributed by atoms with van der Waals surface area (Å²) in [4.78, 5) is 12.2. The lowest BCUT2D eigenvalue weighted by Crippen LogP contribution is -2.36. The highest BCUT2D eigenvalue weighted by Gasteiger charge is 2.40. The topological polar surface area (TPSA) is 65.4 Å². The SMILES string of the molecule is Cc1nn(C)c(C)c1CCCNC(=O)CC1CCC2(CC1)OCCO2. The van der Waals surface area contributed by atoms with Gasteiger partial charge in [0.2, 0.25) is 5.91 Å². The maximum atomic E-state index is 12.2. The fraction of sp³-hybridized carbons (Fsp3) is 0.789. The van der Waals surface area contributed by atoms with Crippen LogP contribution in [0.1, 0.15) is 55.5 Å². The molecule has 1 amide bonds. The Kier molecular flexibility index (Phi) is 5.79. The van der Waals surface area contributed by atoms with Crippen LogP contribution in [0, 0.1) is 19.8 Å². The Balaban J connectivity index is 1.33. The van der Waals surface area contributed by atoms with Crippen molar-refractivity contribution >= 4 is 5.91 Å². The van der Waals surface area contributed by atoms with Gasteiger partial charge in [-0.25, -0.2) is 0 Å². The van der Waals surface area contributed by atoms with E-state index in [2.05, 4.69) is 24.3 Å². The van der Waals surface area contributed by atoms with Crippen molar-refractivity contribution in [3.8, 4) is 0 Å². The molecule has 3 rings (SSSR count). The van der Waals surface area contributed by atoms with Gasteiger partial charge in [-0.15, -0.1) is 0 Å². The highest BCUT2D eigenvalue weighted by atomic mass is 16.7. The molecule has 1 saturated carbocycles. The minimum atomic E-state index is -0.327. The molecule has 1 spiro atoms. The van der Waals surface area contributed by atoms with Crippen molar-refractivity contribution < 1.29 is 14.3 Å². The van der Waals surface area contributed by atoms with Crippen molar-refractivity contribution in [3.05, 3.63) is 17.0 Å². The van der Waals surface area contributed by atoms with Gasteiger partial charge in [0.05, 0.1) is 18.9 Å². The fourth-order valence-electron chi connectivity index (χ4n) is 4.11. The van der Waals surface area contributed by atoms with Crippen LogP contribution in [0.25, 0.3) is 0 Å². The lowest BCUT2D eigenvalue weighted by Gasteiger charge is -2.35. The largest absolute Gasteiger partial charge is 0.356 e. The summed E-state index contributed by atoms with van der Waals surface area (Å²) in [5.74, 6) is 0.307. The van der Waals surface area contributed by atoms with E-state index in [4.69, 9.17) is 9.47 Å². The number of carbonyl (C=O) groups is 1. The molecule has 1 aliphatic heterocycles. The molecule has 0 aromatic carbocycles. The fourth-order valence-corrected chi connectivity index (χ4v) is 4.11. The minimum Gasteiger partial charge on any atom is -0.356 e. The van der Waals surface area contributed by atoms with Crippen molar-refractivity contribution in [2.75, 3.05) is 19.8 Å². The molecular weight excluding hydrogens is 318 g/mol. The number of aromatic nitrogens is 2. The summed E-state index contributed by atoms with van der Waals surface area (Å²) in [5.41, 5.74) is 3.63. The number of carbonyl (C=O) groups excluding carboxylic acids is 1. The van der Waals surface area contributed by atoms with E-state index >= 15 is 0 Å². The van der Waals surface area contributed by atoms with Crippen molar-refractivity contribution in [2.45, 2.75) is 64.6 Å². The molecule has 6 heteroatoms. The number of nitrogens with one attached hydrogen (secondary N) is 1. The maximum absolute atomic E-state index is 12.2. The predicted molar refractivity (Wildman–Crippen MR) is 95.2 cm³/mol. The highest BCUT2D eigenvalue weighted by Crippen LogP contribution is 2.39. The van der Waals surface area contributed by atoms with Gasteiger partial charge >= 0.3 is 0 Å². The molecule has 1 N–H and O–H groups in total. The van der Waals surface area contributed by atoms with Crippen LogP contribution >= 0.6 is 0 Å². The summed E-state index contributed by atoms with van der Waals surface area (Å²) in [6, 6.07) is 0. The normalized spacial score (nSPS) is 20.3. The number of ether oxygens (including phenoxy) is 2. The number of nitrogens with zero attached hydrogens (tertiary/aromatic N) is 2.